The molecule has 0 N–H and O–H groups in total. The molecule has 0 aliphatic heterocycles. The van der Waals surface area contributed by atoms with Gasteiger partial charge in [-0.05, 0) is 12.1 Å². The SMILES string of the molecule is C=CCOc1ccccc1-c1c(-c2ccccc2)ncn1CCn1ccnc1. The van der Waals surface area contributed by atoms with Crippen LogP contribution in [-0.2, 0) is 13.1 Å². The molecular formula is C23H22N4O. The third-order valence-corrected chi connectivity index (χ3v) is 4.54. The van der Waals surface area contributed by atoms with Gasteiger partial charge in [0.1, 0.15) is 12.4 Å². The molecular weight excluding hydrogens is 348 g/mol. The molecule has 0 unspecified atom stereocenters. The van der Waals surface area contributed by atoms with Gasteiger partial charge in [-0.2, -0.15) is 0 Å². The van der Waals surface area contributed by atoms with Crippen LogP contribution >= 0.6 is 0 Å². The second-order valence-corrected chi connectivity index (χ2v) is 6.40. The topological polar surface area (TPSA) is 44.9 Å². The van der Waals surface area contributed by atoms with E-state index in [1.165, 1.54) is 0 Å². The third-order valence-electron chi connectivity index (χ3n) is 4.54. The molecule has 0 amide bonds. The standard InChI is InChI=1S/C23H22N4O/c1-2-16-28-21-11-7-6-10-20(21)23-22(19-8-4-3-5-9-19)25-18-27(23)15-14-26-13-12-24-17-26/h2-13,17-18H,1,14-16H2. The molecule has 0 saturated carbocycles. The van der Waals surface area contributed by atoms with Crippen LogP contribution in [0.1, 0.15) is 0 Å². The van der Waals surface area contributed by atoms with Crippen LogP contribution in [0.4, 0.5) is 0 Å². The van der Waals surface area contributed by atoms with Crippen molar-refractivity contribution >= 4 is 0 Å². The minimum atomic E-state index is 0.459. The van der Waals surface area contributed by atoms with E-state index in [0.717, 1.165) is 41.4 Å². The first-order valence-electron chi connectivity index (χ1n) is 9.26. The zero-order valence-electron chi connectivity index (χ0n) is 15.6. The lowest BCUT2D eigenvalue weighted by atomic mass is 10.0. The molecule has 2 aromatic carbocycles. The molecule has 0 radical (unpaired) electrons. The average molecular weight is 370 g/mol. The third kappa shape index (κ3) is 3.74. The van der Waals surface area contributed by atoms with Crippen molar-refractivity contribution in [3.8, 4) is 28.3 Å². The number of hydrogen-bond donors (Lipinski definition) is 0. The van der Waals surface area contributed by atoms with E-state index in [9.17, 15) is 0 Å². The van der Waals surface area contributed by atoms with Crippen LogP contribution in [0.15, 0.2) is 92.3 Å². The predicted molar refractivity (Wildman–Crippen MR) is 111 cm³/mol. The number of benzene rings is 2. The van der Waals surface area contributed by atoms with Crippen molar-refractivity contribution in [3.05, 3.63) is 92.3 Å². The Balaban J connectivity index is 1.79. The van der Waals surface area contributed by atoms with Gasteiger partial charge in [0.05, 0.1) is 24.0 Å². The van der Waals surface area contributed by atoms with E-state index in [-0.39, 0.29) is 0 Å². The Morgan fingerprint density at radius 2 is 1.79 bits per heavy atom. The van der Waals surface area contributed by atoms with Crippen molar-refractivity contribution in [1.82, 2.24) is 19.1 Å². The van der Waals surface area contributed by atoms with Crippen LogP contribution in [0.5, 0.6) is 5.75 Å². The fourth-order valence-electron chi connectivity index (χ4n) is 3.22. The molecule has 0 aliphatic carbocycles. The van der Waals surface area contributed by atoms with Gasteiger partial charge in [0.25, 0.3) is 0 Å². The zero-order chi connectivity index (χ0) is 19.2. The lowest BCUT2D eigenvalue weighted by molar-refractivity contribution is 0.364. The van der Waals surface area contributed by atoms with E-state index < -0.39 is 0 Å². The van der Waals surface area contributed by atoms with Crippen molar-refractivity contribution < 1.29 is 4.74 Å². The molecule has 5 heteroatoms. The molecule has 4 aromatic rings. The number of para-hydroxylation sites is 1. The van der Waals surface area contributed by atoms with Crippen molar-refractivity contribution in [2.75, 3.05) is 6.61 Å². The molecule has 0 fully saturated rings. The molecule has 4 rings (SSSR count). The molecule has 0 atom stereocenters. The van der Waals surface area contributed by atoms with E-state index in [1.54, 1.807) is 12.3 Å². The second-order valence-electron chi connectivity index (χ2n) is 6.40. The summed E-state index contributed by atoms with van der Waals surface area (Å²) in [5, 5.41) is 0. The number of aromatic nitrogens is 4. The van der Waals surface area contributed by atoms with E-state index >= 15 is 0 Å². The van der Waals surface area contributed by atoms with Crippen LogP contribution < -0.4 is 4.74 Å². The highest BCUT2D eigenvalue weighted by atomic mass is 16.5. The van der Waals surface area contributed by atoms with Gasteiger partial charge in [0.15, 0.2) is 0 Å². The van der Waals surface area contributed by atoms with Crippen LogP contribution in [0.25, 0.3) is 22.5 Å². The minimum Gasteiger partial charge on any atom is -0.489 e. The number of ether oxygens (including phenoxy) is 1. The van der Waals surface area contributed by atoms with Gasteiger partial charge in [0, 0.05) is 36.6 Å². The Hall–Kier alpha value is -3.60. The highest BCUT2D eigenvalue weighted by Gasteiger charge is 2.18. The van der Waals surface area contributed by atoms with Crippen LogP contribution in [0.2, 0.25) is 0 Å². The molecule has 2 aromatic heterocycles. The smallest absolute Gasteiger partial charge is 0.129 e. The number of imidazole rings is 2. The largest absolute Gasteiger partial charge is 0.489 e. The first kappa shape index (κ1) is 17.8. The summed E-state index contributed by atoms with van der Waals surface area (Å²) in [7, 11) is 0. The highest BCUT2D eigenvalue weighted by Crippen LogP contribution is 2.36. The van der Waals surface area contributed by atoms with Crippen LogP contribution in [0.3, 0.4) is 0 Å². The number of aryl methyl sites for hydroxylation is 2. The van der Waals surface area contributed by atoms with E-state index in [0.29, 0.717) is 6.61 Å². The summed E-state index contributed by atoms with van der Waals surface area (Å²) in [6.07, 6.45) is 9.25. The quantitative estimate of drug-likeness (QED) is 0.423. The maximum absolute atomic E-state index is 5.93. The first-order chi connectivity index (χ1) is 13.9. The van der Waals surface area contributed by atoms with Crippen LogP contribution in [0, 0.1) is 0 Å². The summed E-state index contributed by atoms with van der Waals surface area (Å²) >= 11 is 0. The Morgan fingerprint density at radius 1 is 0.964 bits per heavy atom. The van der Waals surface area contributed by atoms with Gasteiger partial charge in [-0.1, -0.05) is 55.1 Å². The Morgan fingerprint density at radius 3 is 2.57 bits per heavy atom. The summed E-state index contributed by atoms with van der Waals surface area (Å²) in [6, 6.07) is 18.3. The fourth-order valence-corrected chi connectivity index (χ4v) is 3.22. The normalized spacial score (nSPS) is 10.7. The lowest BCUT2D eigenvalue weighted by Gasteiger charge is -2.15. The average Bonchev–Trinajstić information content (AvgIpc) is 3.41. The van der Waals surface area contributed by atoms with Crippen molar-refractivity contribution in [2.24, 2.45) is 0 Å². The molecule has 0 saturated heterocycles. The first-order valence-corrected chi connectivity index (χ1v) is 9.26. The van der Waals surface area contributed by atoms with Crippen molar-refractivity contribution in [3.63, 3.8) is 0 Å². The second kappa shape index (κ2) is 8.39. The van der Waals surface area contributed by atoms with Gasteiger partial charge < -0.3 is 13.9 Å². The highest BCUT2D eigenvalue weighted by molar-refractivity contribution is 5.81. The molecule has 0 spiro atoms. The van der Waals surface area contributed by atoms with Gasteiger partial charge in [-0.15, -0.1) is 0 Å². The minimum absolute atomic E-state index is 0.459. The molecule has 140 valence electrons. The van der Waals surface area contributed by atoms with Crippen molar-refractivity contribution in [2.45, 2.75) is 13.1 Å². The van der Waals surface area contributed by atoms with Crippen molar-refractivity contribution in [1.29, 1.82) is 0 Å². The molecule has 28 heavy (non-hydrogen) atoms. The summed E-state index contributed by atoms with van der Waals surface area (Å²) in [6.45, 7) is 5.81. The maximum Gasteiger partial charge on any atom is 0.129 e. The Kier molecular flexibility index (Phi) is 5.33. The molecule has 5 nitrogen and oxygen atoms in total. The van der Waals surface area contributed by atoms with Crippen LogP contribution in [-0.4, -0.2) is 25.7 Å². The lowest BCUT2D eigenvalue weighted by Crippen LogP contribution is -2.07. The number of rotatable bonds is 8. The molecule has 0 bridgehead atoms. The monoisotopic (exact) mass is 370 g/mol. The maximum atomic E-state index is 5.93. The predicted octanol–water partition coefficient (Wildman–Crippen LogP) is 4.68. The summed E-state index contributed by atoms with van der Waals surface area (Å²) < 4.78 is 10.2. The summed E-state index contributed by atoms with van der Waals surface area (Å²) in [5.74, 6) is 0.823. The van der Waals surface area contributed by atoms with Gasteiger partial charge in [-0.3, -0.25) is 0 Å². The molecule has 2 heterocycles. The van der Waals surface area contributed by atoms with E-state index in [2.05, 4.69) is 38.9 Å². The van der Waals surface area contributed by atoms with Gasteiger partial charge >= 0.3 is 0 Å². The zero-order valence-corrected chi connectivity index (χ0v) is 15.6. The summed E-state index contributed by atoms with van der Waals surface area (Å²) in [5.41, 5.74) is 4.09. The number of nitrogens with zero attached hydrogens (tertiary/aromatic N) is 4. The van der Waals surface area contributed by atoms with E-state index in [1.807, 2.05) is 55.2 Å². The Bertz CT molecular complexity index is 1040. The summed E-state index contributed by atoms with van der Waals surface area (Å²) in [4.78, 5) is 8.87. The molecule has 0 aliphatic rings. The number of hydrogen-bond acceptors (Lipinski definition) is 3. The van der Waals surface area contributed by atoms with Gasteiger partial charge in [0.2, 0.25) is 0 Å². The van der Waals surface area contributed by atoms with E-state index in [4.69, 9.17) is 9.72 Å². The fraction of sp³-hybridized carbons (Fsp3) is 0.130. The van der Waals surface area contributed by atoms with Gasteiger partial charge in [-0.25, -0.2) is 9.97 Å². The Labute approximate surface area is 164 Å².